The van der Waals surface area contributed by atoms with Gasteiger partial charge in [0.15, 0.2) is 0 Å². The van der Waals surface area contributed by atoms with Crippen LogP contribution in [0.3, 0.4) is 0 Å². The molecule has 3 aromatic rings. The molecule has 1 aliphatic carbocycles. The summed E-state index contributed by atoms with van der Waals surface area (Å²) in [6.07, 6.45) is 15.1. The molecule has 208 valence electrons. The molecule has 0 amide bonds. The predicted molar refractivity (Wildman–Crippen MR) is 151 cm³/mol. The molecule has 0 radical (unpaired) electrons. The zero-order chi connectivity index (χ0) is 26.8. The van der Waals surface area contributed by atoms with Gasteiger partial charge >= 0.3 is 5.97 Å². The van der Waals surface area contributed by atoms with E-state index >= 15 is 0 Å². The predicted octanol–water partition coefficient (Wildman–Crippen LogP) is 6.23. The average Bonchev–Trinajstić information content (AvgIpc) is 3.49. The lowest BCUT2D eigenvalue weighted by Crippen LogP contribution is -2.50. The van der Waals surface area contributed by atoms with Crippen LogP contribution < -0.4 is 5.56 Å². The molecule has 0 N–H and O–H groups in total. The van der Waals surface area contributed by atoms with E-state index in [-0.39, 0.29) is 17.4 Å². The molecule has 3 aliphatic rings. The Morgan fingerprint density at radius 1 is 0.897 bits per heavy atom. The Morgan fingerprint density at radius 2 is 1.62 bits per heavy atom. The first-order valence-electron chi connectivity index (χ1n) is 15.2. The van der Waals surface area contributed by atoms with Crippen molar-refractivity contribution < 1.29 is 13.9 Å². The number of esters is 1. The number of hydrogen-bond acceptors (Lipinski definition) is 6. The Hall–Kier alpha value is -2.93. The van der Waals surface area contributed by atoms with Gasteiger partial charge in [-0.05, 0) is 69.7 Å². The lowest BCUT2D eigenvalue weighted by molar-refractivity contribution is 0.0487. The Labute approximate surface area is 230 Å². The molecule has 1 saturated carbocycles. The minimum absolute atomic E-state index is 0.0228. The SMILES string of the molecule is CCOC(=O)c1ccc(CCc2nc3ccccc3n(C3C[C@H]4CC[C@@H](C3)N4C3CCCCCCC3)c2=O)o1. The Balaban J connectivity index is 1.24. The third kappa shape index (κ3) is 5.43. The molecular weight excluding hydrogens is 490 g/mol. The van der Waals surface area contributed by atoms with E-state index in [0.29, 0.717) is 43.0 Å². The number of nitrogens with zero attached hydrogens (tertiary/aromatic N) is 3. The summed E-state index contributed by atoms with van der Waals surface area (Å²) in [6.45, 7) is 2.07. The zero-order valence-corrected chi connectivity index (χ0v) is 23.1. The van der Waals surface area contributed by atoms with Crippen molar-refractivity contribution in [1.82, 2.24) is 14.5 Å². The molecule has 0 spiro atoms. The summed E-state index contributed by atoms with van der Waals surface area (Å²) in [4.78, 5) is 33.7. The average molecular weight is 532 g/mol. The minimum Gasteiger partial charge on any atom is -0.460 e. The summed E-state index contributed by atoms with van der Waals surface area (Å²) in [7, 11) is 0. The van der Waals surface area contributed by atoms with E-state index in [9.17, 15) is 9.59 Å². The van der Waals surface area contributed by atoms with Crippen molar-refractivity contribution in [2.24, 2.45) is 0 Å². The molecule has 7 heteroatoms. The number of carbonyl (C=O) groups is 1. The first kappa shape index (κ1) is 26.3. The van der Waals surface area contributed by atoms with Crippen LogP contribution in [-0.4, -0.2) is 45.2 Å². The summed E-state index contributed by atoms with van der Waals surface area (Å²) in [5.41, 5.74) is 2.40. The fourth-order valence-corrected chi connectivity index (χ4v) is 7.52. The molecule has 1 unspecified atom stereocenters. The molecule has 3 atom stereocenters. The van der Waals surface area contributed by atoms with E-state index in [1.165, 1.54) is 57.8 Å². The van der Waals surface area contributed by atoms with Crippen molar-refractivity contribution in [3.63, 3.8) is 0 Å². The van der Waals surface area contributed by atoms with Crippen molar-refractivity contribution in [3.8, 4) is 0 Å². The number of aromatic nitrogens is 2. The van der Waals surface area contributed by atoms with Crippen LogP contribution in [0.1, 0.15) is 106 Å². The number of ether oxygens (including phenoxy) is 1. The smallest absolute Gasteiger partial charge is 0.374 e. The van der Waals surface area contributed by atoms with Crippen LogP contribution in [0.4, 0.5) is 0 Å². The molecule has 2 saturated heterocycles. The molecule has 3 fully saturated rings. The molecule has 2 bridgehead atoms. The zero-order valence-electron chi connectivity index (χ0n) is 23.1. The van der Waals surface area contributed by atoms with Gasteiger partial charge in [-0.1, -0.05) is 44.2 Å². The van der Waals surface area contributed by atoms with Gasteiger partial charge in [0.05, 0.1) is 17.6 Å². The van der Waals surface area contributed by atoms with E-state index in [1.807, 2.05) is 18.2 Å². The van der Waals surface area contributed by atoms with Gasteiger partial charge < -0.3 is 13.7 Å². The number of piperidine rings is 1. The van der Waals surface area contributed by atoms with Crippen LogP contribution in [0.25, 0.3) is 11.0 Å². The topological polar surface area (TPSA) is 77.6 Å². The molecule has 39 heavy (non-hydrogen) atoms. The van der Waals surface area contributed by atoms with Gasteiger partial charge in [0.25, 0.3) is 5.56 Å². The van der Waals surface area contributed by atoms with E-state index in [0.717, 1.165) is 29.9 Å². The monoisotopic (exact) mass is 531 g/mol. The van der Waals surface area contributed by atoms with Gasteiger partial charge in [-0.25, -0.2) is 9.78 Å². The third-order valence-electron chi connectivity index (χ3n) is 9.23. The van der Waals surface area contributed by atoms with Gasteiger partial charge in [0.1, 0.15) is 11.5 Å². The quantitative estimate of drug-likeness (QED) is 0.336. The van der Waals surface area contributed by atoms with Crippen molar-refractivity contribution >= 4 is 17.0 Å². The highest BCUT2D eigenvalue weighted by molar-refractivity contribution is 5.86. The standard InChI is InChI=1S/C32H41N3O4/c1-2-38-32(37)30-19-17-26(39-30)16-18-28-31(36)35(29-13-9-8-12-27(29)33-28)25-20-23-14-15-24(21-25)34(23)22-10-6-4-3-5-7-11-22/h8-9,12-13,17,19,22-25H,2-7,10-11,14-16,18,20-21H2,1H3/t23-,24+,25?. The number of aryl methyl sites for hydroxylation is 2. The van der Waals surface area contributed by atoms with Gasteiger partial charge in [-0.3, -0.25) is 9.69 Å². The van der Waals surface area contributed by atoms with E-state index in [1.54, 1.807) is 19.1 Å². The molecular formula is C32H41N3O4. The van der Waals surface area contributed by atoms with Crippen LogP contribution in [0.2, 0.25) is 0 Å². The number of carbonyl (C=O) groups excluding carboxylic acids is 1. The third-order valence-corrected chi connectivity index (χ3v) is 9.23. The van der Waals surface area contributed by atoms with Crippen LogP contribution >= 0.6 is 0 Å². The van der Waals surface area contributed by atoms with Crippen LogP contribution in [0.15, 0.2) is 45.6 Å². The largest absolute Gasteiger partial charge is 0.460 e. The summed E-state index contributed by atoms with van der Waals surface area (Å²) >= 11 is 0. The maximum atomic E-state index is 14.0. The van der Waals surface area contributed by atoms with E-state index in [2.05, 4.69) is 15.5 Å². The highest BCUT2D eigenvalue weighted by Crippen LogP contribution is 2.44. The summed E-state index contributed by atoms with van der Waals surface area (Å²) in [5.74, 6) is 0.391. The second kappa shape index (κ2) is 11.7. The lowest BCUT2D eigenvalue weighted by atomic mass is 9.89. The lowest BCUT2D eigenvalue weighted by Gasteiger charge is -2.45. The molecule has 7 nitrogen and oxygen atoms in total. The molecule has 1 aromatic carbocycles. The van der Waals surface area contributed by atoms with Gasteiger partial charge in [-0.15, -0.1) is 0 Å². The number of rotatable bonds is 7. The molecule has 6 rings (SSSR count). The number of benzene rings is 1. The maximum Gasteiger partial charge on any atom is 0.374 e. The summed E-state index contributed by atoms with van der Waals surface area (Å²) in [6, 6.07) is 13.6. The Morgan fingerprint density at radius 3 is 2.36 bits per heavy atom. The fourth-order valence-electron chi connectivity index (χ4n) is 7.52. The van der Waals surface area contributed by atoms with Gasteiger partial charge in [-0.2, -0.15) is 0 Å². The second-order valence-corrected chi connectivity index (χ2v) is 11.7. The number of para-hydroxylation sites is 2. The van der Waals surface area contributed by atoms with E-state index in [4.69, 9.17) is 14.1 Å². The Kier molecular flexibility index (Phi) is 7.87. The molecule has 2 aromatic heterocycles. The van der Waals surface area contributed by atoms with Crippen molar-refractivity contribution in [3.05, 3.63) is 64.0 Å². The van der Waals surface area contributed by atoms with Crippen molar-refractivity contribution in [2.45, 2.75) is 115 Å². The molecule has 4 heterocycles. The number of fused-ring (bicyclic) bond motifs is 3. The summed E-state index contributed by atoms with van der Waals surface area (Å²) < 4.78 is 12.8. The van der Waals surface area contributed by atoms with Crippen LogP contribution in [0, 0.1) is 0 Å². The van der Waals surface area contributed by atoms with Gasteiger partial charge in [0.2, 0.25) is 5.76 Å². The maximum absolute atomic E-state index is 14.0. The molecule has 2 aliphatic heterocycles. The van der Waals surface area contributed by atoms with E-state index < -0.39 is 5.97 Å². The fraction of sp³-hybridized carbons (Fsp3) is 0.594. The van der Waals surface area contributed by atoms with Crippen LogP contribution in [0.5, 0.6) is 0 Å². The Bertz CT molecular complexity index is 1340. The number of furan rings is 1. The second-order valence-electron chi connectivity index (χ2n) is 11.7. The minimum atomic E-state index is -0.463. The number of hydrogen-bond donors (Lipinski definition) is 0. The van der Waals surface area contributed by atoms with Gasteiger partial charge in [0, 0.05) is 37.0 Å². The van der Waals surface area contributed by atoms with Crippen molar-refractivity contribution in [1.29, 1.82) is 0 Å². The highest BCUT2D eigenvalue weighted by Gasteiger charge is 2.44. The normalized spacial score (nSPS) is 24.5. The van der Waals surface area contributed by atoms with Crippen molar-refractivity contribution in [2.75, 3.05) is 6.61 Å². The summed E-state index contributed by atoms with van der Waals surface area (Å²) in [5, 5.41) is 0. The first-order valence-corrected chi connectivity index (χ1v) is 15.2. The highest BCUT2D eigenvalue weighted by atomic mass is 16.5. The van der Waals surface area contributed by atoms with Crippen LogP contribution in [-0.2, 0) is 17.6 Å². The first-order chi connectivity index (χ1) is 19.1.